The molecule has 11 aromatic rings. The Morgan fingerprint density at radius 2 is 0.844 bits per heavy atom. The molecule has 1 unspecified atom stereocenters. The molecule has 10 aromatic carbocycles. The Balaban J connectivity index is 1.12. The molecule has 1 aromatic heterocycles. The number of hydrogen-bond donors (Lipinski definition) is 0. The molecule has 0 saturated heterocycles. The molecule has 1 atom stereocenters. The number of anilines is 6. The average Bonchev–Trinajstić information content (AvgIpc) is 4.00. The minimum atomic E-state index is -0.753. The zero-order valence-corrected chi connectivity index (χ0v) is 34.9. The van der Waals surface area contributed by atoms with Crippen LogP contribution in [-0.4, -0.2) is 0 Å². The lowest BCUT2D eigenvalue weighted by Crippen LogP contribution is -2.26. The minimum absolute atomic E-state index is 0.753. The van der Waals surface area contributed by atoms with Crippen molar-refractivity contribution in [1.29, 1.82) is 0 Å². The van der Waals surface area contributed by atoms with Gasteiger partial charge in [0.15, 0.2) is 0 Å². The molecule has 3 heteroatoms. The Hall–Kier alpha value is -8.40. The topological polar surface area (TPSA) is 19.6 Å². The highest BCUT2D eigenvalue weighted by Crippen LogP contribution is 2.68. The van der Waals surface area contributed by atoms with Gasteiger partial charge in [0.05, 0.1) is 17.1 Å². The van der Waals surface area contributed by atoms with Crippen LogP contribution in [0.2, 0.25) is 0 Å². The van der Waals surface area contributed by atoms with Gasteiger partial charge in [-0.1, -0.05) is 182 Å². The van der Waals surface area contributed by atoms with Crippen LogP contribution in [0.3, 0.4) is 0 Å². The van der Waals surface area contributed by atoms with Crippen LogP contribution in [0, 0.1) is 0 Å². The molecule has 3 nitrogen and oxygen atoms in total. The highest BCUT2D eigenvalue weighted by molar-refractivity contribution is 6.11. The van der Waals surface area contributed by atoms with Crippen LogP contribution in [0.1, 0.15) is 22.5 Å². The van der Waals surface area contributed by atoms with Gasteiger partial charge >= 0.3 is 0 Å². The van der Waals surface area contributed by atoms with E-state index in [1.165, 1.54) is 55.3 Å². The van der Waals surface area contributed by atoms with E-state index in [-0.39, 0.29) is 0 Å². The zero-order chi connectivity index (χ0) is 42.2. The fourth-order valence-electron chi connectivity index (χ4n) is 10.9. The summed E-state index contributed by atoms with van der Waals surface area (Å²) in [4.78, 5) is 4.89. The third-order valence-electron chi connectivity index (χ3n) is 13.4. The van der Waals surface area contributed by atoms with Crippen LogP contribution in [0.4, 0.5) is 34.1 Å². The average molecular weight is 817 g/mol. The van der Waals surface area contributed by atoms with E-state index in [1.54, 1.807) is 0 Å². The summed E-state index contributed by atoms with van der Waals surface area (Å²) in [6.07, 6.45) is 0. The summed E-state index contributed by atoms with van der Waals surface area (Å²) >= 11 is 0. The van der Waals surface area contributed by atoms with Gasteiger partial charge in [0.25, 0.3) is 0 Å². The molecule has 0 bridgehead atoms. The van der Waals surface area contributed by atoms with Gasteiger partial charge in [-0.25, -0.2) is 0 Å². The van der Waals surface area contributed by atoms with Crippen molar-refractivity contribution in [2.75, 3.05) is 9.80 Å². The third kappa shape index (κ3) is 5.22. The van der Waals surface area contributed by atoms with E-state index in [0.717, 1.165) is 56.4 Å². The Morgan fingerprint density at radius 3 is 1.62 bits per heavy atom. The van der Waals surface area contributed by atoms with E-state index in [1.807, 2.05) is 0 Å². The van der Waals surface area contributed by atoms with Crippen LogP contribution in [-0.2, 0) is 5.41 Å². The molecular formula is C61H40N2O. The van der Waals surface area contributed by atoms with Crippen molar-refractivity contribution in [1.82, 2.24) is 0 Å². The molecule has 300 valence electrons. The number of furan rings is 1. The standard InChI is InChI=1S/C61H40N2O/c1-4-20-41(21-5-1)43-24-16-29-46(40-43)62(44-25-6-2-7-26-44)54-37-18-34-51-57(54)48-31-12-14-33-50(48)61(51)52-35-19-38-55(59(52)58-49-32-13-15-39-56(49)64-60(58)61)63(45-27-8-3-9-28-45)53-36-17-23-42-22-10-11-30-47(42)53/h1-40H. The Bertz CT molecular complexity index is 3570. The van der Waals surface area contributed by atoms with Crippen molar-refractivity contribution in [2.24, 2.45) is 0 Å². The van der Waals surface area contributed by atoms with E-state index in [4.69, 9.17) is 4.42 Å². The molecule has 1 spiro atoms. The van der Waals surface area contributed by atoms with Gasteiger partial charge in [-0.3, -0.25) is 0 Å². The molecule has 0 aliphatic heterocycles. The van der Waals surface area contributed by atoms with Gasteiger partial charge in [-0.2, -0.15) is 0 Å². The first-order valence-electron chi connectivity index (χ1n) is 22.0. The second kappa shape index (κ2) is 14.3. The molecule has 0 saturated carbocycles. The Labute approximate surface area is 372 Å². The molecular weight excluding hydrogens is 777 g/mol. The summed E-state index contributed by atoms with van der Waals surface area (Å²) in [6, 6.07) is 87.9. The number of fused-ring (bicyclic) bond motifs is 13. The van der Waals surface area contributed by atoms with Gasteiger partial charge in [-0.05, 0) is 99.4 Å². The zero-order valence-electron chi connectivity index (χ0n) is 34.9. The predicted molar refractivity (Wildman–Crippen MR) is 265 cm³/mol. The highest BCUT2D eigenvalue weighted by atomic mass is 16.3. The fourth-order valence-corrected chi connectivity index (χ4v) is 10.9. The second-order valence-corrected chi connectivity index (χ2v) is 16.8. The first kappa shape index (κ1) is 36.3. The van der Waals surface area contributed by atoms with Crippen molar-refractivity contribution in [3.63, 3.8) is 0 Å². The minimum Gasteiger partial charge on any atom is -0.459 e. The second-order valence-electron chi connectivity index (χ2n) is 16.8. The first-order valence-corrected chi connectivity index (χ1v) is 22.0. The molecule has 0 fully saturated rings. The molecule has 0 N–H and O–H groups in total. The maximum Gasteiger partial charge on any atom is 0.135 e. The van der Waals surface area contributed by atoms with Crippen LogP contribution < -0.4 is 9.80 Å². The van der Waals surface area contributed by atoms with Crippen LogP contribution >= 0.6 is 0 Å². The third-order valence-corrected chi connectivity index (χ3v) is 13.4. The first-order chi connectivity index (χ1) is 31.8. The normalized spacial score (nSPS) is 14.3. The number of para-hydroxylation sites is 3. The monoisotopic (exact) mass is 816 g/mol. The lowest BCUT2D eigenvalue weighted by atomic mass is 9.73. The summed E-state index contributed by atoms with van der Waals surface area (Å²) in [5.41, 5.74) is 17.5. The predicted octanol–water partition coefficient (Wildman–Crippen LogP) is 16.5. The van der Waals surface area contributed by atoms with Crippen molar-refractivity contribution in [2.45, 2.75) is 5.41 Å². The number of nitrogens with zero attached hydrogens (tertiary/aromatic N) is 2. The molecule has 1 heterocycles. The Kier molecular flexibility index (Phi) is 8.13. The molecule has 13 rings (SSSR count). The molecule has 2 aliphatic rings. The van der Waals surface area contributed by atoms with Crippen molar-refractivity contribution < 1.29 is 4.42 Å². The quantitative estimate of drug-likeness (QED) is 0.160. The summed E-state index contributed by atoms with van der Waals surface area (Å²) < 4.78 is 7.36. The highest BCUT2D eigenvalue weighted by Gasteiger charge is 2.56. The fraction of sp³-hybridized carbons (Fsp3) is 0.0164. The van der Waals surface area contributed by atoms with E-state index >= 15 is 0 Å². The SMILES string of the molecule is c1ccc(-c2cccc(N(c3ccccc3)c3cccc4c3-c3ccccc3C43c4cccc(N(c5ccccc5)c5cccc6ccccc56)c4-c4c3oc3ccccc43)c2)cc1. The van der Waals surface area contributed by atoms with Crippen LogP contribution in [0.25, 0.3) is 55.1 Å². The van der Waals surface area contributed by atoms with Gasteiger partial charge < -0.3 is 14.2 Å². The summed E-state index contributed by atoms with van der Waals surface area (Å²) in [7, 11) is 0. The molecule has 2 aliphatic carbocycles. The van der Waals surface area contributed by atoms with Crippen molar-refractivity contribution in [3.05, 3.63) is 265 Å². The molecule has 64 heavy (non-hydrogen) atoms. The molecule has 0 radical (unpaired) electrons. The maximum atomic E-state index is 7.36. The lowest BCUT2D eigenvalue weighted by Gasteiger charge is -2.32. The van der Waals surface area contributed by atoms with Crippen LogP contribution in [0.15, 0.2) is 247 Å². The van der Waals surface area contributed by atoms with E-state index in [0.29, 0.717) is 0 Å². The summed E-state index contributed by atoms with van der Waals surface area (Å²) in [5, 5.41) is 3.50. The smallest absolute Gasteiger partial charge is 0.135 e. The van der Waals surface area contributed by atoms with Gasteiger partial charge in [0, 0.05) is 44.5 Å². The van der Waals surface area contributed by atoms with E-state index < -0.39 is 5.41 Å². The van der Waals surface area contributed by atoms with Gasteiger partial charge in [-0.15, -0.1) is 0 Å². The van der Waals surface area contributed by atoms with E-state index in [2.05, 4.69) is 252 Å². The molecule has 0 amide bonds. The maximum absolute atomic E-state index is 7.36. The summed E-state index contributed by atoms with van der Waals surface area (Å²) in [5.74, 6) is 0.961. The van der Waals surface area contributed by atoms with E-state index in [9.17, 15) is 0 Å². The van der Waals surface area contributed by atoms with Gasteiger partial charge in [0.1, 0.15) is 16.8 Å². The van der Waals surface area contributed by atoms with Gasteiger partial charge in [0.2, 0.25) is 0 Å². The lowest BCUT2D eigenvalue weighted by molar-refractivity contribution is 0.507. The summed E-state index contributed by atoms with van der Waals surface area (Å²) in [6.45, 7) is 0. The van der Waals surface area contributed by atoms with Crippen molar-refractivity contribution in [3.8, 4) is 33.4 Å². The number of hydrogen-bond acceptors (Lipinski definition) is 3. The van der Waals surface area contributed by atoms with Crippen molar-refractivity contribution >= 4 is 55.9 Å². The Morgan fingerprint density at radius 1 is 0.328 bits per heavy atom. The number of benzene rings is 10. The largest absolute Gasteiger partial charge is 0.459 e. The number of rotatable bonds is 7. The van der Waals surface area contributed by atoms with Crippen LogP contribution in [0.5, 0.6) is 0 Å².